The summed E-state index contributed by atoms with van der Waals surface area (Å²) in [4.78, 5) is 11.8. The Labute approximate surface area is 106 Å². The molecular formula is C15H13ClO. The molecule has 1 atom stereocenters. The van der Waals surface area contributed by atoms with Crippen molar-refractivity contribution in [2.75, 3.05) is 0 Å². The molecule has 2 heteroatoms. The van der Waals surface area contributed by atoms with E-state index in [4.69, 9.17) is 18.0 Å². The van der Waals surface area contributed by atoms with E-state index >= 15 is 0 Å². The second kappa shape index (κ2) is 5.21. The number of terminal acetylenes is 1. The van der Waals surface area contributed by atoms with Gasteiger partial charge in [0.1, 0.15) is 0 Å². The summed E-state index contributed by atoms with van der Waals surface area (Å²) in [5, 5.41) is -0.356. The third-order valence-corrected chi connectivity index (χ3v) is 3.32. The summed E-state index contributed by atoms with van der Waals surface area (Å²) in [6.07, 6.45) is 9.80. The van der Waals surface area contributed by atoms with Gasteiger partial charge in [0.15, 0.2) is 5.78 Å². The highest BCUT2D eigenvalue weighted by Crippen LogP contribution is 2.25. The van der Waals surface area contributed by atoms with Crippen LogP contribution in [-0.4, -0.2) is 11.2 Å². The van der Waals surface area contributed by atoms with Crippen LogP contribution in [0.15, 0.2) is 29.8 Å². The standard InChI is InChI=1S/C15H13ClO/c1-2-11-5-3-6-12(9-11)10-13-7-4-8-14(16)15(13)17/h1,3,5-6,9-10,14H,4,7-8H2. The minimum atomic E-state index is -0.356. The van der Waals surface area contributed by atoms with Gasteiger partial charge >= 0.3 is 0 Å². The fourth-order valence-electron chi connectivity index (χ4n) is 1.99. The molecule has 0 N–H and O–H groups in total. The average Bonchev–Trinajstić information content (AvgIpc) is 2.35. The fourth-order valence-corrected chi connectivity index (χ4v) is 2.28. The van der Waals surface area contributed by atoms with Crippen LogP contribution in [0.1, 0.15) is 30.4 Å². The van der Waals surface area contributed by atoms with Gasteiger partial charge in [-0.2, -0.15) is 0 Å². The van der Waals surface area contributed by atoms with Gasteiger partial charge in [-0.3, -0.25) is 4.79 Å². The van der Waals surface area contributed by atoms with Crippen molar-refractivity contribution in [2.24, 2.45) is 0 Å². The molecule has 0 saturated heterocycles. The van der Waals surface area contributed by atoms with Crippen molar-refractivity contribution in [2.45, 2.75) is 24.6 Å². The molecule has 0 amide bonds. The minimum Gasteiger partial charge on any atom is -0.293 e. The summed E-state index contributed by atoms with van der Waals surface area (Å²) in [6.45, 7) is 0. The Morgan fingerprint density at radius 3 is 3.06 bits per heavy atom. The molecule has 86 valence electrons. The van der Waals surface area contributed by atoms with Crippen LogP contribution in [0.25, 0.3) is 6.08 Å². The van der Waals surface area contributed by atoms with Crippen molar-refractivity contribution in [1.82, 2.24) is 0 Å². The molecule has 0 aromatic heterocycles. The Kier molecular flexibility index (Phi) is 3.66. The van der Waals surface area contributed by atoms with Crippen LogP contribution in [0.2, 0.25) is 0 Å². The van der Waals surface area contributed by atoms with E-state index < -0.39 is 0 Å². The normalized spacial score (nSPS) is 22.5. The fraction of sp³-hybridized carbons (Fsp3) is 0.267. The molecule has 0 heterocycles. The number of allylic oxidation sites excluding steroid dienone is 1. The molecule has 1 aromatic carbocycles. The van der Waals surface area contributed by atoms with E-state index in [9.17, 15) is 4.79 Å². The SMILES string of the molecule is C#Cc1cccc(C=C2CCCC(Cl)C2=O)c1. The zero-order valence-corrected chi connectivity index (χ0v) is 10.2. The number of ketones is 1. The summed E-state index contributed by atoms with van der Waals surface area (Å²) in [7, 11) is 0. The van der Waals surface area contributed by atoms with Crippen molar-refractivity contribution in [3.05, 3.63) is 41.0 Å². The highest BCUT2D eigenvalue weighted by molar-refractivity contribution is 6.34. The van der Waals surface area contributed by atoms with Gasteiger partial charge in [0.2, 0.25) is 0 Å². The van der Waals surface area contributed by atoms with E-state index in [0.29, 0.717) is 0 Å². The number of alkyl halides is 1. The first-order chi connectivity index (χ1) is 8.20. The van der Waals surface area contributed by atoms with Crippen LogP contribution < -0.4 is 0 Å². The first-order valence-corrected chi connectivity index (χ1v) is 6.10. The van der Waals surface area contributed by atoms with Gasteiger partial charge in [-0.05, 0) is 48.6 Å². The summed E-state index contributed by atoms with van der Waals surface area (Å²) in [6, 6.07) is 7.61. The molecule has 0 aliphatic heterocycles. The van der Waals surface area contributed by atoms with E-state index in [1.54, 1.807) is 0 Å². The Bertz CT molecular complexity index is 508. The number of carbonyl (C=O) groups excluding carboxylic acids is 1. The van der Waals surface area contributed by atoms with Crippen molar-refractivity contribution in [3.8, 4) is 12.3 Å². The van der Waals surface area contributed by atoms with E-state index in [1.165, 1.54) is 0 Å². The molecule has 17 heavy (non-hydrogen) atoms. The second-order valence-electron chi connectivity index (χ2n) is 4.16. The van der Waals surface area contributed by atoms with Gasteiger partial charge < -0.3 is 0 Å². The molecule has 0 bridgehead atoms. The third-order valence-electron chi connectivity index (χ3n) is 2.90. The molecular weight excluding hydrogens is 232 g/mol. The summed E-state index contributed by atoms with van der Waals surface area (Å²) in [5.41, 5.74) is 2.60. The second-order valence-corrected chi connectivity index (χ2v) is 4.69. The Hall–Kier alpha value is -1.52. The maximum absolute atomic E-state index is 11.8. The van der Waals surface area contributed by atoms with Gasteiger partial charge in [-0.25, -0.2) is 0 Å². The smallest absolute Gasteiger partial charge is 0.176 e. The van der Waals surface area contributed by atoms with Crippen LogP contribution >= 0.6 is 11.6 Å². The zero-order valence-electron chi connectivity index (χ0n) is 9.45. The lowest BCUT2D eigenvalue weighted by atomic mass is 9.91. The lowest BCUT2D eigenvalue weighted by Gasteiger charge is -2.17. The van der Waals surface area contributed by atoms with Crippen molar-refractivity contribution >= 4 is 23.5 Å². The third kappa shape index (κ3) is 2.78. The Balaban J connectivity index is 2.29. The predicted molar refractivity (Wildman–Crippen MR) is 70.9 cm³/mol. The lowest BCUT2D eigenvalue weighted by Crippen LogP contribution is -2.21. The molecule has 1 aliphatic rings. The molecule has 1 aromatic rings. The van der Waals surface area contributed by atoms with Gasteiger partial charge in [-0.1, -0.05) is 18.1 Å². The van der Waals surface area contributed by atoms with Crippen LogP contribution in [0.4, 0.5) is 0 Å². The van der Waals surface area contributed by atoms with Crippen LogP contribution in [0.3, 0.4) is 0 Å². The van der Waals surface area contributed by atoms with E-state index in [-0.39, 0.29) is 11.2 Å². The van der Waals surface area contributed by atoms with Crippen molar-refractivity contribution in [3.63, 3.8) is 0 Å². The molecule has 1 nitrogen and oxygen atoms in total. The average molecular weight is 245 g/mol. The van der Waals surface area contributed by atoms with Crippen LogP contribution in [0, 0.1) is 12.3 Å². The van der Waals surface area contributed by atoms with Crippen molar-refractivity contribution < 1.29 is 4.79 Å². The Morgan fingerprint density at radius 1 is 1.47 bits per heavy atom. The Morgan fingerprint density at radius 2 is 2.29 bits per heavy atom. The van der Waals surface area contributed by atoms with Gasteiger partial charge in [0.05, 0.1) is 5.38 Å². The highest BCUT2D eigenvalue weighted by Gasteiger charge is 2.24. The molecule has 0 radical (unpaired) electrons. The molecule has 1 saturated carbocycles. The summed E-state index contributed by atoms with van der Waals surface area (Å²) >= 11 is 5.96. The topological polar surface area (TPSA) is 17.1 Å². The zero-order chi connectivity index (χ0) is 12.3. The maximum atomic E-state index is 11.8. The van der Waals surface area contributed by atoms with E-state index in [1.807, 2.05) is 30.3 Å². The minimum absolute atomic E-state index is 0.0593. The summed E-state index contributed by atoms with van der Waals surface area (Å²) in [5.74, 6) is 2.64. The first-order valence-electron chi connectivity index (χ1n) is 5.66. The number of hydrogen-bond acceptors (Lipinski definition) is 1. The maximum Gasteiger partial charge on any atom is 0.176 e. The van der Waals surface area contributed by atoms with Crippen LogP contribution in [-0.2, 0) is 4.79 Å². The highest BCUT2D eigenvalue weighted by atomic mass is 35.5. The predicted octanol–water partition coefficient (Wildman–Crippen LogP) is 3.41. The number of benzene rings is 1. The number of rotatable bonds is 1. The van der Waals surface area contributed by atoms with E-state index in [0.717, 1.165) is 36.0 Å². The molecule has 2 rings (SSSR count). The lowest BCUT2D eigenvalue weighted by molar-refractivity contribution is -0.116. The quantitative estimate of drug-likeness (QED) is 0.420. The van der Waals surface area contributed by atoms with Gasteiger partial charge in [0, 0.05) is 5.56 Å². The van der Waals surface area contributed by atoms with Gasteiger partial charge in [-0.15, -0.1) is 18.0 Å². The molecule has 1 fully saturated rings. The van der Waals surface area contributed by atoms with Crippen LogP contribution in [0.5, 0.6) is 0 Å². The molecule has 1 aliphatic carbocycles. The van der Waals surface area contributed by atoms with Gasteiger partial charge in [0.25, 0.3) is 0 Å². The largest absolute Gasteiger partial charge is 0.293 e. The molecule has 0 spiro atoms. The molecule has 1 unspecified atom stereocenters. The number of hydrogen-bond donors (Lipinski definition) is 0. The summed E-state index contributed by atoms with van der Waals surface area (Å²) < 4.78 is 0. The monoisotopic (exact) mass is 244 g/mol. The van der Waals surface area contributed by atoms with Crippen molar-refractivity contribution in [1.29, 1.82) is 0 Å². The van der Waals surface area contributed by atoms with E-state index in [2.05, 4.69) is 5.92 Å². The first kappa shape index (κ1) is 12.0. The number of Topliss-reactive ketones (excluding diaryl/α,β-unsaturated/α-hetero) is 1. The number of halogens is 1. The number of carbonyl (C=O) groups is 1.